The lowest BCUT2D eigenvalue weighted by atomic mass is 9.88. The number of nitrogens with zero attached hydrogens (tertiary/aromatic N) is 2. The Bertz CT molecular complexity index is 1120. The van der Waals surface area contributed by atoms with Gasteiger partial charge in [-0.15, -0.1) is 0 Å². The van der Waals surface area contributed by atoms with Crippen LogP contribution in [0.2, 0.25) is 0 Å². The number of hydrogen-bond acceptors (Lipinski definition) is 3. The number of methoxy groups -OCH3 is 1. The molecule has 1 saturated heterocycles. The van der Waals surface area contributed by atoms with Crippen LogP contribution in [0.15, 0.2) is 54.6 Å². The summed E-state index contributed by atoms with van der Waals surface area (Å²) in [7, 11) is 1.73. The fraction of sp³-hybridized carbons (Fsp3) is 0.393. The van der Waals surface area contributed by atoms with E-state index >= 15 is 0 Å². The highest BCUT2D eigenvalue weighted by molar-refractivity contribution is 5.91. The molecule has 3 aromatic rings. The molecule has 172 valence electrons. The van der Waals surface area contributed by atoms with Gasteiger partial charge in [-0.3, -0.25) is 0 Å². The van der Waals surface area contributed by atoms with Crippen molar-refractivity contribution >= 4 is 22.5 Å². The lowest BCUT2D eigenvalue weighted by Crippen LogP contribution is -2.37. The van der Waals surface area contributed by atoms with Crippen molar-refractivity contribution in [3.8, 4) is 5.75 Å². The van der Waals surface area contributed by atoms with Gasteiger partial charge in [0.25, 0.3) is 0 Å². The van der Waals surface area contributed by atoms with Crippen LogP contribution in [-0.2, 0) is 13.1 Å². The van der Waals surface area contributed by atoms with E-state index in [2.05, 4.69) is 66.5 Å². The number of ether oxygens (including phenoxy) is 1. The van der Waals surface area contributed by atoms with Gasteiger partial charge in [0, 0.05) is 24.8 Å². The second-order valence-corrected chi connectivity index (χ2v) is 9.62. The van der Waals surface area contributed by atoms with Gasteiger partial charge in [-0.2, -0.15) is 0 Å². The number of urea groups is 1. The van der Waals surface area contributed by atoms with Crippen molar-refractivity contribution in [2.45, 2.75) is 51.7 Å². The molecule has 2 aliphatic rings. The van der Waals surface area contributed by atoms with Crippen LogP contribution in [0.3, 0.4) is 0 Å². The summed E-state index contributed by atoms with van der Waals surface area (Å²) in [6.07, 6.45) is 2.22. The molecule has 5 heteroatoms. The Morgan fingerprint density at radius 3 is 2.18 bits per heavy atom. The van der Waals surface area contributed by atoms with Gasteiger partial charge in [-0.25, -0.2) is 4.79 Å². The molecule has 0 unspecified atom stereocenters. The highest BCUT2D eigenvalue weighted by Crippen LogP contribution is 2.37. The molecule has 0 aromatic heterocycles. The first-order chi connectivity index (χ1) is 16.0. The minimum atomic E-state index is -0.0546. The number of benzene rings is 3. The summed E-state index contributed by atoms with van der Waals surface area (Å²) in [6, 6.07) is 19.4. The average molecular weight is 444 g/mol. The zero-order chi connectivity index (χ0) is 22.9. The number of fused-ring (bicyclic) bond motifs is 2. The van der Waals surface area contributed by atoms with Gasteiger partial charge in [0.1, 0.15) is 5.75 Å². The SMILES string of the molecule is COc1ccc(NC(=O)N2Cc3cc4ccccc4cc3C2)cc1C1CCN(C(C)C)CC1. The van der Waals surface area contributed by atoms with E-state index in [0.29, 0.717) is 25.0 Å². The molecule has 2 aliphatic heterocycles. The summed E-state index contributed by atoms with van der Waals surface area (Å²) in [5.41, 5.74) is 4.50. The van der Waals surface area contributed by atoms with Crippen molar-refractivity contribution in [1.29, 1.82) is 0 Å². The Labute approximate surface area is 196 Å². The van der Waals surface area contributed by atoms with Crippen LogP contribution in [-0.4, -0.2) is 42.1 Å². The van der Waals surface area contributed by atoms with E-state index in [9.17, 15) is 4.79 Å². The number of carbonyl (C=O) groups is 1. The summed E-state index contributed by atoms with van der Waals surface area (Å²) in [6.45, 7) is 8.00. The van der Waals surface area contributed by atoms with Crippen LogP contribution in [0.1, 0.15) is 49.3 Å². The maximum atomic E-state index is 13.1. The summed E-state index contributed by atoms with van der Waals surface area (Å²) in [5, 5.41) is 5.59. The number of likely N-dealkylation sites (tertiary alicyclic amines) is 1. The summed E-state index contributed by atoms with van der Waals surface area (Å²) < 4.78 is 5.68. The zero-order valence-corrected chi connectivity index (χ0v) is 19.8. The number of amides is 2. The summed E-state index contributed by atoms with van der Waals surface area (Å²) >= 11 is 0. The van der Waals surface area contributed by atoms with E-state index in [1.165, 1.54) is 27.5 Å². The van der Waals surface area contributed by atoms with Crippen LogP contribution >= 0.6 is 0 Å². The Balaban J connectivity index is 1.29. The van der Waals surface area contributed by atoms with Crippen molar-refractivity contribution in [2.24, 2.45) is 0 Å². The van der Waals surface area contributed by atoms with Crippen molar-refractivity contribution < 1.29 is 9.53 Å². The second kappa shape index (κ2) is 9.06. The van der Waals surface area contributed by atoms with Gasteiger partial charge >= 0.3 is 6.03 Å². The molecule has 0 atom stereocenters. The third-order valence-electron chi connectivity index (χ3n) is 7.26. The van der Waals surface area contributed by atoms with Gasteiger partial charge in [0.2, 0.25) is 0 Å². The maximum Gasteiger partial charge on any atom is 0.322 e. The molecule has 2 amide bonds. The average Bonchev–Trinajstić information content (AvgIpc) is 3.25. The van der Waals surface area contributed by atoms with E-state index in [-0.39, 0.29) is 6.03 Å². The monoisotopic (exact) mass is 443 g/mol. The van der Waals surface area contributed by atoms with E-state index in [1.807, 2.05) is 17.0 Å². The van der Waals surface area contributed by atoms with Crippen LogP contribution in [0.4, 0.5) is 10.5 Å². The first-order valence-electron chi connectivity index (χ1n) is 12.0. The third kappa shape index (κ3) is 4.42. The van der Waals surface area contributed by atoms with Gasteiger partial charge in [-0.1, -0.05) is 24.3 Å². The zero-order valence-electron chi connectivity index (χ0n) is 19.8. The molecule has 3 aromatic carbocycles. The summed E-state index contributed by atoms with van der Waals surface area (Å²) in [5.74, 6) is 1.37. The van der Waals surface area contributed by atoms with Gasteiger partial charge < -0.3 is 19.9 Å². The lowest BCUT2D eigenvalue weighted by molar-refractivity contribution is 0.171. The molecule has 2 heterocycles. The predicted molar refractivity (Wildman–Crippen MR) is 134 cm³/mol. The van der Waals surface area contributed by atoms with Crippen molar-refractivity contribution in [1.82, 2.24) is 9.80 Å². The Kier molecular flexibility index (Phi) is 5.98. The number of piperidine rings is 1. The number of rotatable bonds is 4. The highest BCUT2D eigenvalue weighted by atomic mass is 16.5. The number of anilines is 1. The molecule has 33 heavy (non-hydrogen) atoms. The number of nitrogens with one attached hydrogen (secondary N) is 1. The van der Waals surface area contributed by atoms with Crippen LogP contribution < -0.4 is 10.1 Å². The van der Waals surface area contributed by atoms with Gasteiger partial charge in [-0.05, 0) is 103 Å². The largest absolute Gasteiger partial charge is 0.496 e. The second-order valence-electron chi connectivity index (χ2n) is 9.62. The molecule has 0 bridgehead atoms. The first kappa shape index (κ1) is 21.8. The van der Waals surface area contributed by atoms with Gasteiger partial charge in [0.05, 0.1) is 7.11 Å². The molecule has 5 rings (SSSR count). The van der Waals surface area contributed by atoms with E-state index in [1.54, 1.807) is 7.11 Å². The number of hydrogen-bond donors (Lipinski definition) is 1. The number of carbonyl (C=O) groups excluding carboxylic acids is 1. The molecule has 0 spiro atoms. The predicted octanol–water partition coefficient (Wildman–Crippen LogP) is 5.98. The normalized spacial score (nSPS) is 16.9. The molecule has 1 N–H and O–H groups in total. The van der Waals surface area contributed by atoms with Crippen molar-refractivity contribution in [2.75, 3.05) is 25.5 Å². The van der Waals surface area contributed by atoms with E-state index in [4.69, 9.17) is 4.74 Å². The van der Waals surface area contributed by atoms with Crippen LogP contribution in [0.5, 0.6) is 5.75 Å². The Hall–Kier alpha value is -3.05. The Morgan fingerprint density at radius 2 is 1.61 bits per heavy atom. The molecule has 0 aliphatic carbocycles. The smallest absolute Gasteiger partial charge is 0.322 e. The molecule has 1 fully saturated rings. The lowest BCUT2D eigenvalue weighted by Gasteiger charge is -2.35. The standard InChI is InChI=1S/C28H33N3O2/c1-19(2)30-12-10-20(11-13-30)26-16-25(8-9-27(26)33-3)29-28(32)31-17-23-14-21-6-4-5-7-22(21)15-24(23)18-31/h4-9,14-16,19-20H,10-13,17-18H2,1-3H3,(H,29,32). The third-order valence-corrected chi connectivity index (χ3v) is 7.26. The highest BCUT2D eigenvalue weighted by Gasteiger charge is 2.26. The maximum absolute atomic E-state index is 13.1. The summed E-state index contributed by atoms with van der Waals surface area (Å²) in [4.78, 5) is 17.5. The minimum absolute atomic E-state index is 0.0546. The molecular weight excluding hydrogens is 410 g/mol. The fourth-order valence-corrected chi connectivity index (χ4v) is 5.30. The quantitative estimate of drug-likeness (QED) is 0.539. The molecular formula is C28H33N3O2. The van der Waals surface area contributed by atoms with Crippen molar-refractivity contribution in [3.05, 3.63) is 71.3 Å². The van der Waals surface area contributed by atoms with Crippen LogP contribution in [0, 0.1) is 0 Å². The van der Waals surface area contributed by atoms with Crippen LogP contribution in [0.25, 0.3) is 10.8 Å². The first-order valence-corrected chi connectivity index (χ1v) is 12.0. The van der Waals surface area contributed by atoms with E-state index < -0.39 is 0 Å². The minimum Gasteiger partial charge on any atom is -0.496 e. The van der Waals surface area contributed by atoms with E-state index in [0.717, 1.165) is 37.4 Å². The molecule has 5 nitrogen and oxygen atoms in total. The van der Waals surface area contributed by atoms with Gasteiger partial charge in [0.15, 0.2) is 0 Å². The molecule has 0 radical (unpaired) electrons. The topological polar surface area (TPSA) is 44.8 Å². The molecule has 0 saturated carbocycles. The fourth-order valence-electron chi connectivity index (χ4n) is 5.30. The van der Waals surface area contributed by atoms with Crippen molar-refractivity contribution in [3.63, 3.8) is 0 Å². The Morgan fingerprint density at radius 1 is 0.970 bits per heavy atom.